The van der Waals surface area contributed by atoms with Gasteiger partial charge in [-0.1, -0.05) is 55.8 Å². The normalized spacial score (nSPS) is 12.1. The average molecular weight is 298 g/mol. The van der Waals surface area contributed by atoms with Gasteiger partial charge in [-0.15, -0.1) is 0 Å². The number of unbranched alkanes of at least 4 members (excludes halogenated alkanes) is 1. The molecule has 0 fully saturated rings. The van der Waals surface area contributed by atoms with Gasteiger partial charge in [-0.05, 0) is 48.9 Å². The number of hydrogen-bond acceptors (Lipinski definition) is 2. The summed E-state index contributed by atoms with van der Waals surface area (Å²) in [5.41, 5.74) is 2.56. The zero-order valence-electron chi connectivity index (χ0n) is 13.4. The van der Waals surface area contributed by atoms with Crippen molar-refractivity contribution >= 4 is 0 Å². The van der Waals surface area contributed by atoms with Gasteiger partial charge < -0.3 is 9.84 Å². The van der Waals surface area contributed by atoms with Crippen LogP contribution in [0.5, 0.6) is 5.75 Å². The molecular formula is C20H26O2. The van der Waals surface area contributed by atoms with Crippen molar-refractivity contribution in [1.29, 1.82) is 0 Å². The molecule has 1 unspecified atom stereocenters. The monoisotopic (exact) mass is 298 g/mol. The second-order valence-electron chi connectivity index (χ2n) is 5.74. The summed E-state index contributed by atoms with van der Waals surface area (Å²) in [6, 6.07) is 18.4. The molecule has 0 aromatic heterocycles. The van der Waals surface area contributed by atoms with E-state index < -0.39 is 6.10 Å². The summed E-state index contributed by atoms with van der Waals surface area (Å²) in [6.45, 7) is 2.55. The molecule has 0 spiro atoms. The number of aliphatic hydroxyl groups is 1. The van der Waals surface area contributed by atoms with E-state index in [4.69, 9.17) is 4.74 Å². The maximum absolute atomic E-state index is 10.1. The average Bonchev–Trinajstić information content (AvgIpc) is 2.57. The fourth-order valence-electron chi connectivity index (χ4n) is 2.43. The third-order valence-corrected chi connectivity index (χ3v) is 3.77. The van der Waals surface area contributed by atoms with E-state index in [2.05, 4.69) is 31.2 Å². The van der Waals surface area contributed by atoms with Crippen molar-refractivity contribution in [2.24, 2.45) is 0 Å². The van der Waals surface area contributed by atoms with Crippen molar-refractivity contribution in [3.05, 3.63) is 65.7 Å². The fourth-order valence-corrected chi connectivity index (χ4v) is 2.43. The minimum absolute atomic E-state index is 0.351. The maximum Gasteiger partial charge on any atom is 0.119 e. The van der Waals surface area contributed by atoms with Gasteiger partial charge >= 0.3 is 0 Å². The Morgan fingerprint density at radius 2 is 1.73 bits per heavy atom. The molecule has 0 heterocycles. The maximum atomic E-state index is 10.1. The molecule has 2 heteroatoms. The van der Waals surface area contributed by atoms with Gasteiger partial charge in [0, 0.05) is 0 Å². The Morgan fingerprint density at radius 3 is 2.50 bits per heavy atom. The van der Waals surface area contributed by atoms with Crippen molar-refractivity contribution in [2.75, 3.05) is 6.61 Å². The van der Waals surface area contributed by atoms with Crippen molar-refractivity contribution < 1.29 is 9.84 Å². The number of hydrogen-bond donors (Lipinski definition) is 1. The quantitative estimate of drug-likeness (QED) is 0.743. The van der Waals surface area contributed by atoms with Gasteiger partial charge in [0.25, 0.3) is 0 Å². The summed E-state index contributed by atoms with van der Waals surface area (Å²) in [4.78, 5) is 0. The van der Waals surface area contributed by atoms with E-state index in [0.29, 0.717) is 6.61 Å². The van der Waals surface area contributed by atoms with Crippen LogP contribution >= 0.6 is 0 Å². The number of aliphatic hydroxyl groups excluding tert-OH is 1. The zero-order chi connectivity index (χ0) is 15.6. The highest BCUT2D eigenvalue weighted by atomic mass is 16.5. The molecule has 2 nitrogen and oxygen atoms in total. The van der Waals surface area contributed by atoms with E-state index >= 15 is 0 Å². The zero-order valence-corrected chi connectivity index (χ0v) is 13.4. The summed E-state index contributed by atoms with van der Waals surface area (Å²) >= 11 is 0. The number of aryl methyl sites for hydroxylation is 2. The minimum atomic E-state index is -0.431. The van der Waals surface area contributed by atoms with Crippen LogP contribution < -0.4 is 4.74 Å². The highest BCUT2D eigenvalue weighted by Gasteiger charge is 2.06. The smallest absolute Gasteiger partial charge is 0.119 e. The summed E-state index contributed by atoms with van der Waals surface area (Å²) in [7, 11) is 0. The van der Waals surface area contributed by atoms with Gasteiger partial charge in [0.2, 0.25) is 0 Å². The highest BCUT2D eigenvalue weighted by Crippen LogP contribution is 2.16. The van der Waals surface area contributed by atoms with E-state index in [9.17, 15) is 5.11 Å². The van der Waals surface area contributed by atoms with Crippen molar-refractivity contribution in [1.82, 2.24) is 0 Å². The largest absolute Gasteiger partial charge is 0.491 e. The first-order chi connectivity index (χ1) is 10.8. The Balaban J connectivity index is 1.74. The second-order valence-corrected chi connectivity index (χ2v) is 5.74. The molecule has 0 aliphatic carbocycles. The molecule has 118 valence electrons. The number of rotatable bonds is 9. The lowest BCUT2D eigenvalue weighted by molar-refractivity contribution is 0.100. The highest BCUT2D eigenvalue weighted by molar-refractivity contribution is 5.28. The molecule has 22 heavy (non-hydrogen) atoms. The minimum Gasteiger partial charge on any atom is -0.491 e. The van der Waals surface area contributed by atoms with E-state index in [1.807, 2.05) is 30.3 Å². The Kier molecular flexibility index (Phi) is 6.98. The van der Waals surface area contributed by atoms with Crippen LogP contribution in [0, 0.1) is 0 Å². The molecule has 2 aromatic rings. The van der Waals surface area contributed by atoms with Crippen molar-refractivity contribution in [3.8, 4) is 5.75 Å². The lowest BCUT2D eigenvalue weighted by Gasteiger charge is -2.13. The summed E-state index contributed by atoms with van der Waals surface area (Å²) < 4.78 is 5.73. The molecule has 0 radical (unpaired) electrons. The fraction of sp³-hybridized carbons (Fsp3) is 0.400. The van der Waals surface area contributed by atoms with Gasteiger partial charge in [0.15, 0.2) is 0 Å². The van der Waals surface area contributed by atoms with Gasteiger partial charge in [-0.3, -0.25) is 0 Å². The van der Waals surface area contributed by atoms with Gasteiger partial charge in [0.1, 0.15) is 12.4 Å². The molecule has 1 N–H and O–H groups in total. The molecule has 2 rings (SSSR count). The number of ether oxygens (including phenoxy) is 1. The molecule has 0 bridgehead atoms. The molecule has 2 aromatic carbocycles. The first-order valence-corrected chi connectivity index (χ1v) is 8.21. The molecule has 0 amide bonds. The Morgan fingerprint density at radius 1 is 0.955 bits per heavy atom. The number of benzene rings is 2. The molecular weight excluding hydrogens is 272 g/mol. The Hall–Kier alpha value is -1.80. The van der Waals surface area contributed by atoms with Crippen LogP contribution in [0.4, 0.5) is 0 Å². The van der Waals surface area contributed by atoms with Crippen LogP contribution in [0.15, 0.2) is 54.6 Å². The van der Waals surface area contributed by atoms with E-state index in [-0.39, 0.29) is 0 Å². The van der Waals surface area contributed by atoms with Crippen LogP contribution in [0.25, 0.3) is 0 Å². The Bertz CT molecular complexity index is 536. The Labute approximate surface area is 133 Å². The van der Waals surface area contributed by atoms with Crippen LogP contribution in [-0.4, -0.2) is 17.8 Å². The topological polar surface area (TPSA) is 29.5 Å². The van der Waals surface area contributed by atoms with E-state index in [1.54, 1.807) is 0 Å². The lowest BCUT2D eigenvalue weighted by Crippen LogP contribution is -2.18. The summed E-state index contributed by atoms with van der Waals surface area (Å²) in [6.07, 6.45) is 4.65. The van der Waals surface area contributed by atoms with Gasteiger partial charge in [-0.25, -0.2) is 0 Å². The third kappa shape index (κ3) is 5.90. The van der Waals surface area contributed by atoms with E-state index in [0.717, 1.165) is 25.0 Å². The van der Waals surface area contributed by atoms with Crippen LogP contribution in [-0.2, 0) is 12.8 Å². The standard InChI is InChI=1S/C20H26O2/c1-2-3-8-18-11-7-12-20(15-18)22-16-19(21)14-13-17-9-5-4-6-10-17/h4-7,9-12,15,19,21H,2-3,8,13-14,16H2,1H3. The van der Waals surface area contributed by atoms with Crippen LogP contribution in [0.3, 0.4) is 0 Å². The predicted molar refractivity (Wildman–Crippen MR) is 91.3 cm³/mol. The lowest BCUT2D eigenvalue weighted by atomic mass is 10.1. The summed E-state index contributed by atoms with van der Waals surface area (Å²) in [5, 5.41) is 10.1. The van der Waals surface area contributed by atoms with Crippen molar-refractivity contribution in [3.63, 3.8) is 0 Å². The van der Waals surface area contributed by atoms with Gasteiger partial charge in [0.05, 0.1) is 6.10 Å². The second kappa shape index (κ2) is 9.26. The predicted octanol–water partition coefficient (Wildman–Crippen LogP) is 4.40. The van der Waals surface area contributed by atoms with Crippen molar-refractivity contribution in [2.45, 2.75) is 45.1 Å². The molecule has 0 saturated heterocycles. The van der Waals surface area contributed by atoms with Crippen LogP contribution in [0.1, 0.15) is 37.3 Å². The van der Waals surface area contributed by atoms with Crippen LogP contribution in [0.2, 0.25) is 0 Å². The first-order valence-electron chi connectivity index (χ1n) is 8.21. The summed E-state index contributed by atoms with van der Waals surface area (Å²) in [5.74, 6) is 0.854. The molecule has 0 aliphatic heterocycles. The molecule has 1 atom stereocenters. The van der Waals surface area contributed by atoms with E-state index in [1.165, 1.54) is 24.0 Å². The first kappa shape index (κ1) is 16.6. The molecule has 0 aliphatic rings. The SMILES string of the molecule is CCCCc1cccc(OCC(O)CCc2ccccc2)c1. The van der Waals surface area contributed by atoms with Gasteiger partial charge in [-0.2, -0.15) is 0 Å². The third-order valence-electron chi connectivity index (χ3n) is 3.77. The molecule has 0 saturated carbocycles.